The molecule has 0 saturated carbocycles. The Kier molecular flexibility index (Phi) is 7.40. The van der Waals surface area contributed by atoms with Crippen LogP contribution < -0.4 is 4.74 Å². The third-order valence-corrected chi connectivity index (χ3v) is 5.09. The van der Waals surface area contributed by atoms with Gasteiger partial charge in [-0.3, -0.25) is 0 Å². The summed E-state index contributed by atoms with van der Waals surface area (Å²) in [5.41, 5.74) is 2.46. The van der Waals surface area contributed by atoms with E-state index in [9.17, 15) is 8.78 Å². The summed E-state index contributed by atoms with van der Waals surface area (Å²) in [6.45, 7) is 5.35. The number of benzene rings is 2. The van der Waals surface area contributed by atoms with Crippen molar-refractivity contribution in [3.05, 3.63) is 64.7 Å². The van der Waals surface area contributed by atoms with E-state index >= 15 is 0 Å². The zero-order chi connectivity index (χ0) is 19.9. The maximum atomic E-state index is 14.5. The Hall–Kier alpha value is -1.98. The van der Waals surface area contributed by atoms with Crippen molar-refractivity contribution < 1.29 is 23.0 Å². The van der Waals surface area contributed by atoms with E-state index in [1.165, 1.54) is 17.7 Å². The van der Waals surface area contributed by atoms with Gasteiger partial charge in [-0.1, -0.05) is 51.0 Å². The maximum absolute atomic E-state index is 14.5. The molecule has 0 bridgehead atoms. The standard InChI is InChI=1S/C23H28F2O3/c1-3-5-6-13-26-20-12-11-19(21(24)22(20)25)23-27-14-18(15-28-23)17-9-7-16(4-2)8-10-17/h7-12,18,23H,3-6,13-15H2,1-2H3. The summed E-state index contributed by atoms with van der Waals surface area (Å²) >= 11 is 0. The Balaban J connectivity index is 1.61. The van der Waals surface area contributed by atoms with Crippen molar-refractivity contribution in [3.8, 4) is 5.75 Å². The Morgan fingerprint density at radius 3 is 2.29 bits per heavy atom. The third-order valence-electron chi connectivity index (χ3n) is 5.09. The summed E-state index contributed by atoms with van der Waals surface area (Å²) in [7, 11) is 0. The van der Waals surface area contributed by atoms with E-state index in [0.29, 0.717) is 19.8 Å². The molecule has 3 nitrogen and oxygen atoms in total. The van der Waals surface area contributed by atoms with E-state index in [-0.39, 0.29) is 17.2 Å². The molecular formula is C23H28F2O3. The molecule has 2 aromatic rings. The van der Waals surface area contributed by atoms with Crippen LogP contribution >= 0.6 is 0 Å². The number of ether oxygens (including phenoxy) is 3. The predicted octanol–water partition coefficient (Wildman–Crippen LogP) is 5.93. The minimum Gasteiger partial charge on any atom is -0.490 e. The minimum atomic E-state index is -0.988. The highest BCUT2D eigenvalue weighted by Gasteiger charge is 2.28. The number of rotatable bonds is 8. The second-order valence-corrected chi connectivity index (χ2v) is 7.13. The van der Waals surface area contributed by atoms with E-state index in [0.717, 1.165) is 31.2 Å². The second-order valence-electron chi connectivity index (χ2n) is 7.13. The van der Waals surface area contributed by atoms with Gasteiger partial charge in [-0.2, -0.15) is 4.39 Å². The Bertz CT molecular complexity index is 753. The molecule has 1 aliphatic rings. The molecule has 1 aliphatic heterocycles. The summed E-state index contributed by atoms with van der Waals surface area (Å²) in [6.07, 6.45) is 2.93. The maximum Gasteiger partial charge on any atom is 0.201 e. The van der Waals surface area contributed by atoms with E-state index in [1.54, 1.807) is 0 Å². The molecule has 1 heterocycles. The summed E-state index contributed by atoms with van der Waals surface area (Å²) in [5.74, 6) is -1.94. The molecule has 2 aromatic carbocycles. The topological polar surface area (TPSA) is 27.7 Å². The van der Waals surface area contributed by atoms with Gasteiger partial charge in [0.1, 0.15) is 0 Å². The molecule has 5 heteroatoms. The van der Waals surface area contributed by atoms with Gasteiger partial charge in [-0.15, -0.1) is 0 Å². The molecule has 1 saturated heterocycles. The number of unbranched alkanes of at least 4 members (excludes halogenated alkanes) is 2. The van der Waals surface area contributed by atoms with Crippen LogP contribution in [0.3, 0.4) is 0 Å². The largest absolute Gasteiger partial charge is 0.490 e. The van der Waals surface area contributed by atoms with Gasteiger partial charge in [-0.25, -0.2) is 4.39 Å². The zero-order valence-corrected chi connectivity index (χ0v) is 16.5. The third kappa shape index (κ3) is 4.89. The predicted molar refractivity (Wildman–Crippen MR) is 105 cm³/mol. The molecule has 0 atom stereocenters. The fourth-order valence-corrected chi connectivity index (χ4v) is 3.28. The van der Waals surface area contributed by atoms with Crippen molar-refractivity contribution in [2.24, 2.45) is 0 Å². The van der Waals surface area contributed by atoms with E-state index in [4.69, 9.17) is 14.2 Å². The molecule has 0 radical (unpaired) electrons. The van der Waals surface area contributed by atoms with Crippen LogP contribution in [0.15, 0.2) is 36.4 Å². The SMILES string of the molecule is CCCCCOc1ccc(C2OCC(c3ccc(CC)cc3)CO2)c(F)c1F. The van der Waals surface area contributed by atoms with Gasteiger partial charge >= 0.3 is 0 Å². The smallest absolute Gasteiger partial charge is 0.201 e. The number of aryl methyl sites for hydroxylation is 1. The van der Waals surface area contributed by atoms with Crippen LogP contribution in [-0.4, -0.2) is 19.8 Å². The van der Waals surface area contributed by atoms with Gasteiger partial charge in [0, 0.05) is 11.5 Å². The second kappa shape index (κ2) is 9.99. The van der Waals surface area contributed by atoms with Crippen molar-refractivity contribution in [1.29, 1.82) is 0 Å². The summed E-state index contributed by atoms with van der Waals surface area (Å²) in [5, 5.41) is 0. The van der Waals surface area contributed by atoms with Crippen molar-refractivity contribution in [3.63, 3.8) is 0 Å². The van der Waals surface area contributed by atoms with Crippen molar-refractivity contribution >= 4 is 0 Å². The highest BCUT2D eigenvalue weighted by Crippen LogP contribution is 2.34. The molecular weight excluding hydrogens is 362 g/mol. The highest BCUT2D eigenvalue weighted by atomic mass is 19.2. The lowest BCUT2D eigenvalue weighted by molar-refractivity contribution is -0.193. The average Bonchev–Trinajstić information content (AvgIpc) is 2.74. The van der Waals surface area contributed by atoms with Crippen LogP contribution in [-0.2, 0) is 15.9 Å². The molecule has 3 rings (SSSR count). The molecule has 0 aliphatic carbocycles. The van der Waals surface area contributed by atoms with E-state index in [1.807, 2.05) is 0 Å². The minimum absolute atomic E-state index is 0.0675. The van der Waals surface area contributed by atoms with Crippen LogP contribution in [0, 0.1) is 11.6 Å². The Labute approximate surface area is 165 Å². The van der Waals surface area contributed by atoms with Crippen molar-refractivity contribution in [2.75, 3.05) is 19.8 Å². The lowest BCUT2D eigenvalue weighted by Gasteiger charge is -2.30. The van der Waals surface area contributed by atoms with Crippen molar-refractivity contribution in [2.45, 2.75) is 51.7 Å². The molecule has 1 fully saturated rings. The van der Waals surface area contributed by atoms with Gasteiger partial charge in [0.2, 0.25) is 5.82 Å². The van der Waals surface area contributed by atoms with E-state index in [2.05, 4.69) is 38.1 Å². The van der Waals surface area contributed by atoms with Crippen LogP contribution in [0.5, 0.6) is 5.75 Å². The zero-order valence-electron chi connectivity index (χ0n) is 16.5. The molecule has 0 amide bonds. The van der Waals surface area contributed by atoms with E-state index < -0.39 is 17.9 Å². The first-order chi connectivity index (χ1) is 13.6. The van der Waals surface area contributed by atoms with Crippen LogP contribution in [0.4, 0.5) is 8.78 Å². The first kappa shape index (κ1) is 20.7. The summed E-state index contributed by atoms with van der Waals surface area (Å²) < 4.78 is 45.6. The quantitative estimate of drug-likeness (QED) is 0.523. The Morgan fingerprint density at radius 2 is 1.64 bits per heavy atom. The van der Waals surface area contributed by atoms with Gasteiger partial charge in [-0.05, 0) is 36.1 Å². The molecule has 0 aromatic heterocycles. The first-order valence-electron chi connectivity index (χ1n) is 10.1. The van der Waals surface area contributed by atoms with Gasteiger partial charge in [0.15, 0.2) is 17.9 Å². The number of halogens is 2. The lowest BCUT2D eigenvalue weighted by Crippen LogP contribution is -2.26. The normalized spacial score (nSPS) is 19.6. The van der Waals surface area contributed by atoms with Crippen LogP contribution in [0.1, 0.15) is 62.0 Å². The highest BCUT2D eigenvalue weighted by molar-refractivity contribution is 5.32. The fourth-order valence-electron chi connectivity index (χ4n) is 3.28. The monoisotopic (exact) mass is 390 g/mol. The lowest BCUT2D eigenvalue weighted by atomic mass is 9.98. The van der Waals surface area contributed by atoms with Crippen LogP contribution in [0.2, 0.25) is 0 Å². The van der Waals surface area contributed by atoms with Gasteiger partial charge < -0.3 is 14.2 Å². The number of hydrogen-bond acceptors (Lipinski definition) is 3. The average molecular weight is 390 g/mol. The molecule has 0 unspecified atom stereocenters. The van der Waals surface area contributed by atoms with Crippen molar-refractivity contribution in [1.82, 2.24) is 0 Å². The molecule has 0 N–H and O–H groups in total. The summed E-state index contributed by atoms with van der Waals surface area (Å²) in [4.78, 5) is 0. The molecule has 152 valence electrons. The fraction of sp³-hybridized carbons (Fsp3) is 0.478. The molecule has 28 heavy (non-hydrogen) atoms. The first-order valence-corrected chi connectivity index (χ1v) is 10.1. The van der Waals surface area contributed by atoms with Gasteiger partial charge in [0.05, 0.1) is 19.8 Å². The van der Waals surface area contributed by atoms with Gasteiger partial charge in [0.25, 0.3) is 0 Å². The summed E-state index contributed by atoms with van der Waals surface area (Å²) in [6, 6.07) is 11.3. The Morgan fingerprint density at radius 1 is 0.929 bits per heavy atom. The van der Waals surface area contributed by atoms with Crippen LogP contribution in [0.25, 0.3) is 0 Å². The number of hydrogen-bond donors (Lipinski definition) is 0. The molecule has 0 spiro atoms.